The first kappa shape index (κ1) is 13.2. The maximum absolute atomic E-state index is 13.3. The van der Waals surface area contributed by atoms with Crippen LogP contribution in [0.3, 0.4) is 0 Å². The monoisotopic (exact) mass is 281 g/mol. The highest BCUT2D eigenvalue weighted by Gasteiger charge is 2.15. The van der Waals surface area contributed by atoms with E-state index >= 15 is 0 Å². The molecule has 0 spiro atoms. The number of ether oxygens (including phenoxy) is 1. The molecule has 0 saturated heterocycles. The molecule has 0 aromatic heterocycles. The van der Waals surface area contributed by atoms with Crippen LogP contribution in [0, 0.1) is 5.82 Å². The molecule has 0 atom stereocenters. The Kier molecular flexibility index (Phi) is 3.57. The highest BCUT2D eigenvalue weighted by atomic mass is 35.5. The number of nitrogens with two attached hydrogens (primary N) is 1. The van der Waals surface area contributed by atoms with Crippen molar-refractivity contribution in [3.8, 4) is 11.5 Å². The summed E-state index contributed by atoms with van der Waals surface area (Å²) >= 11 is 5.55. The van der Waals surface area contributed by atoms with E-state index in [2.05, 4.69) is 0 Å². The molecular weight excluding hydrogens is 273 g/mol. The Morgan fingerprint density at radius 3 is 2.68 bits per heavy atom. The number of carbonyl (C=O) groups is 1. The van der Waals surface area contributed by atoms with Crippen molar-refractivity contribution in [3.63, 3.8) is 0 Å². The third-order valence-corrected chi connectivity index (χ3v) is 2.69. The normalized spacial score (nSPS) is 10.2. The van der Waals surface area contributed by atoms with Gasteiger partial charge in [0.05, 0.1) is 10.7 Å². The molecule has 4 nitrogen and oxygen atoms in total. The van der Waals surface area contributed by atoms with E-state index in [-0.39, 0.29) is 27.8 Å². The molecule has 0 fully saturated rings. The van der Waals surface area contributed by atoms with Crippen LogP contribution in [0.1, 0.15) is 10.4 Å². The number of para-hydroxylation sites is 1. The van der Waals surface area contributed by atoms with Crippen LogP contribution in [0.4, 0.5) is 10.1 Å². The average molecular weight is 282 g/mol. The molecule has 0 aliphatic carbocycles. The van der Waals surface area contributed by atoms with Gasteiger partial charge in [-0.05, 0) is 24.3 Å². The predicted octanol–water partition coefficient (Wildman–Crippen LogP) is 3.55. The summed E-state index contributed by atoms with van der Waals surface area (Å²) in [6, 6.07) is 8.12. The van der Waals surface area contributed by atoms with Crippen molar-refractivity contribution in [3.05, 3.63) is 52.8 Å². The largest absolute Gasteiger partial charge is 0.478 e. The number of carboxylic acid groups (broad SMARTS) is 1. The standard InChI is InChI=1S/C13H9ClFNO3/c14-9-5-4-7(6-10(9)15)19-12-8(13(17)18)2-1-3-11(12)16/h1-6H,16H2,(H,17,18). The van der Waals surface area contributed by atoms with Crippen LogP contribution in [0.2, 0.25) is 5.02 Å². The van der Waals surface area contributed by atoms with Gasteiger partial charge >= 0.3 is 5.97 Å². The lowest BCUT2D eigenvalue weighted by Crippen LogP contribution is -2.03. The number of halogens is 2. The summed E-state index contributed by atoms with van der Waals surface area (Å²) in [4.78, 5) is 11.1. The molecule has 0 aliphatic heterocycles. The number of hydrogen-bond donors (Lipinski definition) is 2. The number of anilines is 1. The van der Waals surface area contributed by atoms with Gasteiger partial charge in [0.15, 0.2) is 5.75 Å². The number of hydrogen-bond acceptors (Lipinski definition) is 3. The van der Waals surface area contributed by atoms with Crippen molar-refractivity contribution in [2.24, 2.45) is 0 Å². The Hall–Kier alpha value is -2.27. The second kappa shape index (κ2) is 5.16. The number of benzene rings is 2. The van der Waals surface area contributed by atoms with E-state index in [0.29, 0.717) is 0 Å². The minimum atomic E-state index is -1.18. The minimum Gasteiger partial charge on any atom is -0.478 e. The molecule has 3 N–H and O–H groups in total. The zero-order valence-electron chi connectivity index (χ0n) is 9.56. The van der Waals surface area contributed by atoms with Gasteiger partial charge in [-0.15, -0.1) is 0 Å². The van der Waals surface area contributed by atoms with Gasteiger partial charge in [-0.25, -0.2) is 9.18 Å². The van der Waals surface area contributed by atoms with Gasteiger partial charge in [0.2, 0.25) is 0 Å². The first-order chi connectivity index (χ1) is 8.99. The van der Waals surface area contributed by atoms with Crippen molar-refractivity contribution in [1.29, 1.82) is 0 Å². The highest BCUT2D eigenvalue weighted by Crippen LogP contribution is 2.32. The van der Waals surface area contributed by atoms with Crippen LogP contribution < -0.4 is 10.5 Å². The molecule has 0 heterocycles. The molecular formula is C13H9ClFNO3. The van der Waals surface area contributed by atoms with Crippen LogP contribution in [0.25, 0.3) is 0 Å². The molecule has 98 valence electrons. The van der Waals surface area contributed by atoms with E-state index in [0.717, 1.165) is 6.07 Å². The lowest BCUT2D eigenvalue weighted by Gasteiger charge is -2.11. The average Bonchev–Trinajstić information content (AvgIpc) is 2.36. The van der Waals surface area contributed by atoms with E-state index in [4.69, 9.17) is 27.2 Å². The second-order valence-electron chi connectivity index (χ2n) is 3.71. The number of carboxylic acids is 1. The smallest absolute Gasteiger partial charge is 0.339 e. The Bertz CT molecular complexity index is 646. The summed E-state index contributed by atoms with van der Waals surface area (Å²) in [5, 5.41) is 8.99. The first-order valence-electron chi connectivity index (χ1n) is 5.23. The van der Waals surface area contributed by atoms with E-state index in [1.54, 1.807) is 0 Å². The summed E-state index contributed by atoms with van der Waals surface area (Å²) in [5.74, 6) is -1.76. The van der Waals surface area contributed by atoms with Gasteiger partial charge < -0.3 is 15.6 Å². The number of nitrogen functional groups attached to an aromatic ring is 1. The van der Waals surface area contributed by atoms with E-state index in [1.807, 2.05) is 0 Å². The van der Waals surface area contributed by atoms with Crippen LogP contribution in [0.15, 0.2) is 36.4 Å². The van der Waals surface area contributed by atoms with Gasteiger partial charge in [0.25, 0.3) is 0 Å². The zero-order chi connectivity index (χ0) is 14.0. The minimum absolute atomic E-state index is 0.0308. The summed E-state index contributed by atoms with van der Waals surface area (Å²) in [6.45, 7) is 0. The molecule has 6 heteroatoms. The Morgan fingerprint density at radius 2 is 2.05 bits per heavy atom. The molecule has 2 rings (SSSR count). The first-order valence-corrected chi connectivity index (χ1v) is 5.61. The van der Waals surface area contributed by atoms with Crippen LogP contribution in [0.5, 0.6) is 11.5 Å². The number of rotatable bonds is 3. The maximum Gasteiger partial charge on any atom is 0.339 e. The summed E-state index contributed by atoms with van der Waals surface area (Å²) < 4.78 is 18.6. The van der Waals surface area contributed by atoms with Crippen LogP contribution in [-0.2, 0) is 0 Å². The Balaban J connectivity index is 2.42. The van der Waals surface area contributed by atoms with E-state index in [1.165, 1.54) is 30.3 Å². The molecule has 0 saturated carbocycles. The van der Waals surface area contributed by atoms with E-state index in [9.17, 15) is 9.18 Å². The Labute approximate surface area is 113 Å². The third kappa shape index (κ3) is 2.77. The molecule has 2 aromatic rings. The van der Waals surface area contributed by atoms with Crippen molar-refractivity contribution < 1.29 is 19.0 Å². The number of aromatic carboxylic acids is 1. The molecule has 0 bridgehead atoms. The molecule has 2 aromatic carbocycles. The van der Waals surface area contributed by atoms with Gasteiger partial charge in [-0.3, -0.25) is 0 Å². The Morgan fingerprint density at radius 1 is 1.32 bits per heavy atom. The molecule has 0 aliphatic rings. The van der Waals surface area contributed by atoms with Crippen molar-refractivity contribution in [2.75, 3.05) is 5.73 Å². The fourth-order valence-corrected chi connectivity index (χ4v) is 1.61. The van der Waals surface area contributed by atoms with Gasteiger partial charge in [-0.2, -0.15) is 0 Å². The highest BCUT2D eigenvalue weighted by molar-refractivity contribution is 6.30. The van der Waals surface area contributed by atoms with Crippen molar-refractivity contribution in [2.45, 2.75) is 0 Å². The lowest BCUT2D eigenvalue weighted by atomic mass is 10.1. The molecule has 19 heavy (non-hydrogen) atoms. The quantitative estimate of drug-likeness (QED) is 0.844. The van der Waals surface area contributed by atoms with Gasteiger partial charge in [0.1, 0.15) is 17.1 Å². The van der Waals surface area contributed by atoms with Crippen molar-refractivity contribution in [1.82, 2.24) is 0 Å². The third-order valence-electron chi connectivity index (χ3n) is 2.39. The molecule has 0 radical (unpaired) electrons. The van der Waals surface area contributed by atoms with E-state index < -0.39 is 11.8 Å². The topological polar surface area (TPSA) is 72.6 Å². The van der Waals surface area contributed by atoms with Crippen LogP contribution in [-0.4, -0.2) is 11.1 Å². The predicted molar refractivity (Wildman–Crippen MR) is 69.3 cm³/mol. The van der Waals surface area contributed by atoms with Gasteiger partial charge in [-0.1, -0.05) is 17.7 Å². The van der Waals surface area contributed by atoms with Crippen LogP contribution >= 0.6 is 11.6 Å². The molecule has 0 unspecified atom stereocenters. The summed E-state index contributed by atoms with van der Waals surface area (Å²) in [7, 11) is 0. The van der Waals surface area contributed by atoms with Crippen molar-refractivity contribution >= 4 is 23.3 Å². The maximum atomic E-state index is 13.3. The summed E-state index contributed by atoms with van der Waals surface area (Å²) in [5.41, 5.74) is 5.71. The van der Waals surface area contributed by atoms with Gasteiger partial charge in [0, 0.05) is 6.07 Å². The fraction of sp³-hybridized carbons (Fsp3) is 0. The SMILES string of the molecule is Nc1cccc(C(=O)O)c1Oc1ccc(Cl)c(F)c1. The fourth-order valence-electron chi connectivity index (χ4n) is 1.50. The second-order valence-corrected chi connectivity index (χ2v) is 4.11. The zero-order valence-corrected chi connectivity index (χ0v) is 10.3. The molecule has 0 amide bonds. The summed E-state index contributed by atoms with van der Waals surface area (Å²) in [6.07, 6.45) is 0. The lowest BCUT2D eigenvalue weighted by molar-refractivity contribution is 0.0694.